The lowest BCUT2D eigenvalue weighted by atomic mass is 9.98. The minimum atomic E-state index is -1.16. The predicted octanol–water partition coefficient (Wildman–Crippen LogP) is 0.335. The summed E-state index contributed by atoms with van der Waals surface area (Å²) in [6.07, 6.45) is 1.60. The van der Waals surface area contributed by atoms with E-state index < -0.39 is 23.3 Å². The molecule has 0 aromatic carbocycles. The summed E-state index contributed by atoms with van der Waals surface area (Å²) in [4.78, 5) is 41.4. The van der Waals surface area contributed by atoms with Crippen LogP contribution in [0, 0.1) is 0 Å². The van der Waals surface area contributed by atoms with E-state index in [4.69, 9.17) is 0 Å². The maximum absolute atomic E-state index is 12.0. The minimum Gasteiger partial charge on any atom is -0.476 e. The first-order valence-corrected chi connectivity index (χ1v) is 7.01. The van der Waals surface area contributed by atoms with Crippen LogP contribution in [0.2, 0.25) is 0 Å². The zero-order valence-electron chi connectivity index (χ0n) is 11.3. The van der Waals surface area contributed by atoms with E-state index in [0.717, 1.165) is 0 Å². The van der Waals surface area contributed by atoms with Gasteiger partial charge in [-0.25, -0.2) is 9.78 Å². The zero-order valence-corrected chi connectivity index (χ0v) is 12.1. The Morgan fingerprint density at radius 2 is 2.19 bits per heavy atom. The molecular formula is C12H12N4O4S. The number of aromatic nitrogens is 2. The molecule has 21 heavy (non-hydrogen) atoms. The van der Waals surface area contributed by atoms with Gasteiger partial charge in [0.1, 0.15) is 5.54 Å². The number of nitrogens with one attached hydrogen (secondary N) is 1. The second-order valence-electron chi connectivity index (χ2n) is 5.17. The van der Waals surface area contributed by atoms with E-state index in [-0.39, 0.29) is 18.1 Å². The van der Waals surface area contributed by atoms with Crippen LogP contribution in [0.15, 0.2) is 11.6 Å². The van der Waals surface area contributed by atoms with Crippen LogP contribution < -0.4 is 10.2 Å². The van der Waals surface area contributed by atoms with E-state index in [0.29, 0.717) is 4.96 Å². The van der Waals surface area contributed by atoms with Gasteiger partial charge >= 0.3 is 5.97 Å². The van der Waals surface area contributed by atoms with Crippen LogP contribution in [-0.4, -0.2) is 44.4 Å². The standard InChI is InChI=1S/C12H12N4O4S/c1-12(2)10(20)13-6(17)5-16(12)8-7(9(18)19)15-3-4-21-11(15)14-8/h3-4H,5H2,1-2H3,(H,18,19)(H,13,17,20). The molecule has 0 atom stereocenters. The fraction of sp³-hybridized carbons (Fsp3) is 0.333. The van der Waals surface area contributed by atoms with E-state index in [2.05, 4.69) is 10.3 Å². The monoisotopic (exact) mass is 308 g/mol. The molecule has 0 bridgehead atoms. The molecule has 0 radical (unpaired) electrons. The number of imidazole rings is 1. The summed E-state index contributed by atoms with van der Waals surface area (Å²) in [6.45, 7) is 3.12. The highest BCUT2D eigenvalue weighted by atomic mass is 32.1. The number of hydrogen-bond acceptors (Lipinski definition) is 6. The maximum atomic E-state index is 12.0. The Morgan fingerprint density at radius 1 is 1.48 bits per heavy atom. The van der Waals surface area contributed by atoms with E-state index >= 15 is 0 Å². The van der Waals surface area contributed by atoms with Gasteiger partial charge in [-0.1, -0.05) is 0 Å². The van der Waals surface area contributed by atoms with Gasteiger partial charge in [0.05, 0.1) is 6.54 Å². The third-order valence-electron chi connectivity index (χ3n) is 3.49. The number of carboxylic acid groups (broad SMARTS) is 1. The van der Waals surface area contributed by atoms with Crippen LogP contribution in [0.1, 0.15) is 24.3 Å². The molecular weight excluding hydrogens is 296 g/mol. The van der Waals surface area contributed by atoms with Crippen molar-refractivity contribution in [2.75, 3.05) is 11.4 Å². The summed E-state index contributed by atoms with van der Waals surface area (Å²) >= 11 is 1.28. The molecule has 9 heteroatoms. The number of nitrogens with zero attached hydrogens (tertiary/aromatic N) is 3. The fourth-order valence-electron chi connectivity index (χ4n) is 2.28. The highest BCUT2D eigenvalue weighted by molar-refractivity contribution is 7.15. The van der Waals surface area contributed by atoms with Crippen LogP contribution in [0.25, 0.3) is 4.96 Å². The first-order chi connectivity index (χ1) is 9.82. The Labute approximate surface area is 123 Å². The van der Waals surface area contributed by atoms with Gasteiger partial charge in [0.2, 0.25) is 5.91 Å². The Bertz CT molecular complexity index is 775. The van der Waals surface area contributed by atoms with Crippen molar-refractivity contribution < 1.29 is 19.5 Å². The van der Waals surface area contributed by atoms with Crippen LogP contribution in [0.5, 0.6) is 0 Å². The lowest BCUT2D eigenvalue weighted by molar-refractivity contribution is -0.135. The Kier molecular flexibility index (Phi) is 2.77. The van der Waals surface area contributed by atoms with E-state index in [1.165, 1.54) is 20.6 Å². The first kappa shape index (κ1) is 13.6. The van der Waals surface area contributed by atoms with Gasteiger partial charge in [0, 0.05) is 11.6 Å². The molecule has 8 nitrogen and oxygen atoms in total. The number of aromatic carboxylic acids is 1. The van der Waals surface area contributed by atoms with Crippen LogP contribution in [-0.2, 0) is 9.59 Å². The molecule has 2 N–H and O–H groups in total. The molecule has 1 aliphatic rings. The molecule has 2 aromatic heterocycles. The normalized spacial score (nSPS) is 18.1. The number of piperazine rings is 1. The Balaban J connectivity index is 2.21. The van der Waals surface area contributed by atoms with Gasteiger partial charge in [-0.3, -0.25) is 19.3 Å². The Morgan fingerprint density at radius 3 is 2.86 bits per heavy atom. The molecule has 2 amide bonds. The Hall–Kier alpha value is -2.42. The molecule has 0 saturated carbocycles. The predicted molar refractivity (Wildman–Crippen MR) is 74.6 cm³/mol. The number of hydrogen-bond donors (Lipinski definition) is 2. The summed E-state index contributed by atoms with van der Waals surface area (Å²) in [6, 6.07) is 0. The molecule has 3 heterocycles. The number of carbonyl (C=O) groups excluding carboxylic acids is 2. The first-order valence-electron chi connectivity index (χ1n) is 6.13. The lowest BCUT2D eigenvalue weighted by Gasteiger charge is -2.40. The number of imide groups is 1. The number of carboxylic acids is 1. The molecule has 1 saturated heterocycles. The summed E-state index contributed by atoms with van der Waals surface area (Å²) in [5.74, 6) is -1.99. The van der Waals surface area contributed by atoms with Gasteiger partial charge in [-0.05, 0) is 13.8 Å². The van der Waals surface area contributed by atoms with Gasteiger partial charge in [0.25, 0.3) is 5.91 Å². The summed E-state index contributed by atoms with van der Waals surface area (Å²) in [5.41, 5.74) is -1.12. The van der Waals surface area contributed by atoms with Crippen molar-refractivity contribution in [2.45, 2.75) is 19.4 Å². The van der Waals surface area contributed by atoms with E-state index in [1.807, 2.05) is 0 Å². The van der Waals surface area contributed by atoms with Crippen molar-refractivity contribution in [3.63, 3.8) is 0 Å². The molecule has 110 valence electrons. The third kappa shape index (κ3) is 1.88. The largest absolute Gasteiger partial charge is 0.476 e. The number of rotatable bonds is 2. The third-order valence-corrected chi connectivity index (χ3v) is 4.24. The summed E-state index contributed by atoms with van der Waals surface area (Å²) in [5, 5.41) is 13.4. The molecule has 1 aliphatic heterocycles. The van der Waals surface area contributed by atoms with E-state index in [9.17, 15) is 19.5 Å². The van der Waals surface area contributed by atoms with Crippen molar-refractivity contribution >= 4 is 39.9 Å². The summed E-state index contributed by atoms with van der Waals surface area (Å²) < 4.78 is 1.44. The minimum absolute atomic E-state index is 0.0539. The molecule has 3 rings (SSSR count). The second-order valence-corrected chi connectivity index (χ2v) is 6.04. The molecule has 2 aromatic rings. The molecule has 1 fully saturated rings. The number of anilines is 1. The van der Waals surface area contributed by atoms with Crippen molar-refractivity contribution in [1.82, 2.24) is 14.7 Å². The second kappa shape index (κ2) is 4.29. The van der Waals surface area contributed by atoms with Crippen molar-refractivity contribution in [2.24, 2.45) is 0 Å². The molecule has 0 aliphatic carbocycles. The van der Waals surface area contributed by atoms with Crippen molar-refractivity contribution in [3.8, 4) is 0 Å². The summed E-state index contributed by atoms with van der Waals surface area (Å²) in [7, 11) is 0. The number of carbonyl (C=O) groups is 3. The highest BCUT2D eigenvalue weighted by Gasteiger charge is 2.44. The molecule has 0 unspecified atom stereocenters. The smallest absolute Gasteiger partial charge is 0.356 e. The van der Waals surface area contributed by atoms with Crippen molar-refractivity contribution in [3.05, 3.63) is 17.3 Å². The SMILES string of the molecule is CC1(C)C(=O)NC(=O)CN1c1nc2sccn2c1C(=O)O. The zero-order chi connectivity index (χ0) is 15.4. The highest BCUT2D eigenvalue weighted by Crippen LogP contribution is 2.31. The average Bonchev–Trinajstić information content (AvgIpc) is 2.92. The van der Waals surface area contributed by atoms with E-state index in [1.54, 1.807) is 25.4 Å². The van der Waals surface area contributed by atoms with Gasteiger partial charge in [-0.15, -0.1) is 11.3 Å². The van der Waals surface area contributed by atoms with Crippen LogP contribution in [0.3, 0.4) is 0 Å². The molecule has 0 spiro atoms. The lowest BCUT2D eigenvalue weighted by Crippen LogP contribution is -2.64. The number of amides is 2. The van der Waals surface area contributed by atoms with Crippen LogP contribution >= 0.6 is 11.3 Å². The van der Waals surface area contributed by atoms with Gasteiger partial charge in [0.15, 0.2) is 16.5 Å². The maximum Gasteiger partial charge on any atom is 0.356 e. The number of fused-ring (bicyclic) bond motifs is 1. The van der Waals surface area contributed by atoms with Gasteiger partial charge < -0.3 is 10.0 Å². The van der Waals surface area contributed by atoms with Crippen molar-refractivity contribution in [1.29, 1.82) is 0 Å². The fourth-order valence-corrected chi connectivity index (χ4v) is 2.99. The number of thiazole rings is 1. The van der Waals surface area contributed by atoms with Crippen LogP contribution in [0.4, 0.5) is 5.82 Å². The average molecular weight is 308 g/mol. The quantitative estimate of drug-likeness (QED) is 0.775. The topological polar surface area (TPSA) is 104 Å². The van der Waals surface area contributed by atoms with Gasteiger partial charge in [-0.2, -0.15) is 0 Å².